The predicted molar refractivity (Wildman–Crippen MR) is 101 cm³/mol. The highest BCUT2D eigenvalue weighted by Gasteiger charge is 2.17. The smallest absolute Gasteiger partial charge is 0.120 e. The second-order valence-electron chi connectivity index (χ2n) is 6.54. The molecule has 25 heavy (non-hydrogen) atoms. The SMILES string of the molecule is CC(C)c1cc(C(CN)c2cccc(OCc3ccccc3)c2)[nH]n1. The highest BCUT2D eigenvalue weighted by atomic mass is 16.5. The fraction of sp³-hybridized carbons (Fsp3) is 0.286. The summed E-state index contributed by atoms with van der Waals surface area (Å²) < 4.78 is 5.94. The first-order valence-corrected chi connectivity index (χ1v) is 8.69. The quantitative estimate of drug-likeness (QED) is 0.680. The Morgan fingerprint density at radius 2 is 1.84 bits per heavy atom. The maximum absolute atomic E-state index is 6.05. The molecule has 4 nitrogen and oxygen atoms in total. The third-order valence-corrected chi connectivity index (χ3v) is 4.33. The summed E-state index contributed by atoms with van der Waals surface area (Å²) >= 11 is 0. The van der Waals surface area contributed by atoms with Crippen molar-refractivity contribution in [3.63, 3.8) is 0 Å². The molecule has 4 heteroatoms. The Balaban J connectivity index is 1.76. The molecule has 0 amide bonds. The molecule has 0 saturated carbocycles. The molecular weight excluding hydrogens is 310 g/mol. The summed E-state index contributed by atoms with van der Waals surface area (Å²) in [4.78, 5) is 0. The minimum atomic E-state index is 0.0836. The molecule has 1 heterocycles. The van der Waals surface area contributed by atoms with Crippen molar-refractivity contribution in [1.29, 1.82) is 0 Å². The Bertz CT molecular complexity index is 796. The Kier molecular flexibility index (Phi) is 5.51. The normalized spacial score (nSPS) is 12.3. The lowest BCUT2D eigenvalue weighted by Gasteiger charge is -2.15. The van der Waals surface area contributed by atoms with Gasteiger partial charge in [0, 0.05) is 18.2 Å². The monoisotopic (exact) mass is 335 g/mol. The van der Waals surface area contributed by atoms with E-state index in [4.69, 9.17) is 10.5 Å². The van der Waals surface area contributed by atoms with Crippen LogP contribution in [0.15, 0.2) is 60.7 Å². The largest absolute Gasteiger partial charge is 0.489 e. The summed E-state index contributed by atoms with van der Waals surface area (Å²) in [6.07, 6.45) is 0. The minimum absolute atomic E-state index is 0.0836. The lowest BCUT2D eigenvalue weighted by molar-refractivity contribution is 0.306. The third kappa shape index (κ3) is 4.28. The molecule has 130 valence electrons. The van der Waals surface area contributed by atoms with E-state index >= 15 is 0 Å². The summed E-state index contributed by atoms with van der Waals surface area (Å²) in [6, 6.07) is 20.4. The van der Waals surface area contributed by atoms with Crippen molar-refractivity contribution >= 4 is 0 Å². The summed E-state index contributed by atoms with van der Waals surface area (Å²) in [5, 5.41) is 7.54. The number of ether oxygens (including phenoxy) is 1. The number of H-pyrrole nitrogens is 1. The number of hydrogen-bond donors (Lipinski definition) is 2. The summed E-state index contributed by atoms with van der Waals surface area (Å²) in [6.45, 7) is 5.34. The van der Waals surface area contributed by atoms with Gasteiger partial charge in [-0.1, -0.05) is 56.3 Å². The molecule has 0 aliphatic rings. The van der Waals surface area contributed by atoms with Crippen LogP contribution in [0.4, 0.5) is 0 Å². The van der Waals surface area contributed by atoms with Crippen molar-refractivity contribution in [2.45, 2.75) is 32.3 Å². The first-order chi connectivity index (χ1) is 12.2. The van der Waals surface area contributed by atoms with E-state index in [9.17, 15) is 0 Å². The zero-order valence-corrected chi connectivity index (χ0v) is 14.8. The lowest BCUT2D eigenvalue weighted by Crippen LogP contribution is -2.14. The molecule has 1 aromatic heterocycles. The number of nitrogens with two attached hydrogens (primary N) is 1. The molecule has 3 aromatic rings. The van der Waals surface area contributed by atoms with E-state index in [1.165, 1.54) is 0 Å². The molecule has 0 bridgehead atoms. The molecule has 0 saturated heterocycles. The minimum Gasteiger partial charge on any atom is -0.489 e. The number of aromatic nitrogens is 2. The zero-order chi connectivity index (χ0) is 17.6. The van der Waals surface area contributed by atoms with Crippen LogP contribution in [0.1, 0.15) is 48.2 Å². The topological polar surface area (TPSA) is 63.9 Å². The summed E-state index contributed by atoms with van der Waals surface area (Å²) in [5.74, 6) is 1.33. The third-order valence-electron chi connectivity index (χ3n) is 4.33. The molecule has 0 fully saturated rings. The second-order valence-corrected chi connectivity index (χ2v) is 6.54. The first kappa shape index (κ1) is 17.2. The first-order valence-electron chi connectivity index (χ1n) is 8.69. The van der Waals surface area contributed by atoms with Gasteiger partial charge in [0.1, 0.15) is 12.4 Å². The van der Waals surface area contributed by atoms with E-state index in [0.29, 0.717) is 19.1 Å². The molecule has 0 radical (unpaired) electrons. The molecule has 1 atom stereocenters. The van der Waals surface area contributed by atoms with Crippen molar-refractivity contribution in [3.8, 4) is 5.75 Å². The fourth-order valence-electron chi connectivity index (χ4n) is 2.83. The molecule has 1 unspecified atom stereocenters. The van der Waals surface area contributed by atoms with E-state index in [2.05, 4.69) is 54.4 Å². The summed E-state index contributed by atoms with van der Waals surface area (Å²) in [7, 11) is 0. The zero-order valence-electron chi connectivity index (χ0n) is 14.8. The van der Waals surface area contributed by atoms with Crippen LogP contribution >= 0.6 is 0 Å². The van der Waals surface area contributed by atoms with Gasteiger partial charge in [-0.15, -0.1) is 0 Å². The van der Waals surface area contributed by atoms with Crippen LogP contribution in [0.2, 0.25) is 0 Å². The molecule has 2 aromatic carbocycles. The van der Waals surface area contributed by atoms with Gasteiger partial charge >= 0.3 is 0 Å². The average Bonchev–Trinajstić information content (AvgIpc) is 3.12. The highest BCUT2D eigenvalue weighted by molar-refractivity contribution is 5.36. The van der Waals surface area contributed by atoms with E-state index in [1.54, 1.807) is 0 Å². The van der Waals surface area contributed by atoms with Crippen molar-refractivity contribution in [2.75, 3.05) is 6.54 Å². The van der Waals surface area contributed by atoms with E-state index in [-0.39, 0.29) is 5.92 Å². The van der Waals surface area contributed by atoms with Crippen LogP contribution in [-0.4, -0.2) is 16.7 Å². The van der Waals surface area contributed by atoms with Crippen LogP contribution in [0.3, 0.4) is 0 Å². The van der Waals surface area contributed by atoms with Crippen molar-refractivity contribution in [1.82, 2.24) is 10.2 Å². The average molecular weight is 335 g/mol. The van der Waals surface area contributed by atoms with Crippen LogP contribution in [-0.2, 0) is 6.61 Å². The van der Waals surface area contributed by atoms with Crippen molar-refractivity contribution in [3.05, 3.63) is 83.2 Å². The van der Waals surface area contributed by atoms with Crippen LogP contribution in [0.25, 0.3) is 0 Å². The highest BCUT2D eigenvalue weighted by Crippen LogP contribution is 2.27. The van der Waals surface area contributed by atoms with Gasteiger partial charge in [-0.25, -0.2) is 0 Å². The molecule has 0 aliphatic heterocycles. The Labute approximate surface area is 149 Å². The molecular formula is C21H25N3O. The maximum Gasteiger partial charge on any atom is 0.120 e. The number of aromatic amines is 1. The number of rotatable bonds is 7. The van der Waals surface area contributed by atoms with Crippen molar-refractivity contribution < 1.29 is 4.74 Å². The Morgan fingerprint density at radius 3 is 2.52 bits per heavy atom. The second kappa shape index (κ2) is 7.99. The Morgan fingerprint density at radius 1 is 1.04 bits per heavy atom. The standard InChI is InChI=1S/C21H25N3O/c1-15(2)20-12-21(24-23-20)19(13-22)17-9-6-10-18(11-17)25-14-16-7-4-3-5-8-16/h3-12,15,19H,13-14,22H2,1-2H3,(H,23,24). The summed E-state index contributed by atoms with van der Waals surface area (Å²) in [5.41, 5.74) is 10.4. The van der Waals surface area contributed by atoms with Crippen LogP contribution in [0.5, 0.6) is 5.75 Å². The number of benzene rings is 2. The van der Waals surface area contributed by atoms with Crippen LogP contribution < -0.4 is 10.5 Å². The van der Waals surface area contributed by atoms with Gasteiger partial charge < -0.3 is 10.5 Å². The number of nitrogens with one attached hydrogen (secondary N) is 1. The van der Waals surface area contributed by atoms with Crippen molar-refractivity contribution in [2.24, 2.45) is 5.73 Å². The van der Waals surface area contributed by atoms with Gasteiger partial charge in [-0.2, -0.15) is 5.10 Å². The molecule has 0 aliphatic carbocycles. The van der Waals surface area contributed by atoms with E-state index < -0.39 is 0 Å². The molecule has 0 spiro atoms. The van der Waals surface area contributed by atoms with E-state index in [0.717, 1.165) is 28.3 Å². The van der Waals surface area contributed by atoms with Gasteiger partial charge in [0.15, 0.2) is 0 Å². The lowest BCUT2D eigenvalue weighted by atomic mass is 9.95. The molecule has 3 N–H and O–H groups in total. The maximum atomic E-state index is 6.05. The van der Waals surface area contributed by atoms with Gasteiger partial charge in [0.25, 0.3) is 0 Å². The number of hydrogen-bond acceptors (Lipinski definition) is 3. The molecule has 3 rings (SSSR count). The van der Waals surface area contributed by atoms with Gasteiger partial charge in [-0.05, 0) is 35.2 Å². The Hall–Kier alpha value is -2.59. The van der Waals surface area contributed by atoms with E-state index in [1.807, 2.05) is 30.3 Å². The number of nitrogens with zero attached hydrogens (tertiary/aromatic N) is 1. The van der Waals surface area contributed by atoms with Gasteiger partial charge in [0.2, 0.25) is 0 Å². The fourth-order valence-corrected chi connectivity index (χ4v) is 2.83. The van der Waals surface area contributed by atoms with Gasteiger partial charge in [0.05, 0.1) is 5.69 Å². The predicted octanol–water partition coefficient (Wildman–Crippen LogP) is 4.20. The van der Waals surface area contributed by atoms with Crippen LogP contribution in [0, 0.1) is 0 Å². The van der Waals surface area contributed by atoms with Gasteiger partial charge in [-0.3, -0.25) is 5.10 Å².